The van der Waals surface area contributed by atoms with Crippen LogP contribution in [0.4, 0.5) is 4.79 Å². The van der Waals surface area contributed by atoms with E-state index in [1.54, 1.807) is 11.9 Å². The monoisotopic (exact) mass is 267 g/mol. The Balaban J connectivity index is 2.66. The van der Waals surface area contributed by atoms with Gasteiger partial charge >= 0.3 is 12.0 Å². The van der Waals surface area contributed by atoms with Crippen molar-refractivity contribution in [3.05, 3.63) is 0 Å². The number of aliphatic carboxylic acids is 1. The summed E-state index contributed by atoms with van der Waals surface area (Å²) in [5, 5.41) is 17.9. The van der Waals surface area contributed by atoms with E-state index in [4.69, 9.17) is 5.26 Å². The van der Waals surface area contributed by atoms with Crippen molar-refractivity contribution in [1.82, 2.24) is 9.80 Å². The molecule has 0 saturated carbocycles. The summed E-state index contributed by atoms with van der Waals surface area (Å²) in [6.07, 6.45) is 2.18. The Hall–Kier alpha value is -1.77. The second kappa shape index (κ2) is 6.41. The molecule has 1 rings (SSSR count). The number of carbonyl (C=O) groups is 2. The Labute approximate surface area is 113 Å². The minimum atomic E-state index is -0.815. The van der Waals surface area contributed by atoms with Gasteiger partial charge in [0, 0.05) is 26.7 Å². The molecule has 1 atom stereocenters. The second-order valence-electron chi connectivity index (χ2n) is 5.12. The lowest BCUT2D eigenvalue weighted by atomic mass is 9.83. The van der Waals surface area contributed by atoms with Crippen molar-refractivity contribution in [3.8, 4) is 6.07 Å². The molecule has 19 heavy (non-hydrogen) atoms. The highest BCUT2D eigenvalue weighted by Crippen LogP contribution is 2.35. The van der Waals surface area contributed by atoms with E-state index in [2.05, 4.69) is 0 Å². The van der Waals surface area contributed by atoms with Gasteiger partial charge in [-0.15, -0.1) is 0 Å². The molecule has 0 aromatic heterocycles. The molecule has 1 N–H and O–H groups in total. The third-order valence-electron chi connectivity index (χ3n) is 3.69. The molecule has 0 aliphatic carbocycles. The first kappa shape index (κ1) is 15.3. The first-order valence-corrected chi connectivity index (χ1v) is 6.57. The molecule has 6 heteroatoms. The standard InChI is InChI=1S/C13H21N3O3/c1-3-5-13(11(17)18)6-9-16(10-13)12(19)15(2)8-4-7-14/h3-6,8-10H2,1-2H3,(H,17,18). The number of amides is 2. The van der Waals surface area contributed by atoms with Crippen molar-refractivity contribution < 1.29 is 14.7 Å². The quantitative estimate of drug-likeness (QED) is 0.818. The van der Waals surface area contributed by atoms with Crippen molar-refractivity contribution in [2.45, 2.75) is 32.6 Å². The van der Waals surface area contributed by atoms with Crippen LogP contribution >= 0.6 is 0 Å². The van der Waals surface area contributed by atoms with Crippen LogP contribution in [0.3, 0.4) is 0 Å². The fourth-order valence-electron chi connectivity index (χ4n) is 2.55. The molecule has 6 nitrogen and oxygen atoms in total. The van der Waals surface area contributed by atoms with Crippen LogP contribution in [-0.2, 0) is 4.79 Å². The van der Waals surface area contributed by atoms with Gasteiger partial charge < -0.3 is 14.9 Å². The minimum absolute atomic E-state index is 0.186. The van der Waals surface area contributed by atoms with E-state index in [9.17, 15) is 14.7 Å². The van der Waals surface area contributed by atoms with E-state index in [1.165, 1.54) is 4.90 Å². The summed E-state index contributed by atoms with van der Waals surface area (Å²) < 4.78 is 0. The molecule has 2 amide bonds. The van der Waals surface area contributed by atoms with Gasteiger partial charge in [0.15, 0.2) is 0 Å². The van der Waals surface area contributed by atoms with E-state index in [0.717, 1.165) is 6.42 Å². The lowest BCUT2D eigenvalue weighted by molar-refractivity contribution is -0.148. The highest BCUT2D eigenvalue weighted by molar-refractivity contribution is 5.79. The number of hydrogen-bond acceptors (Lipinski definition) is 3. The molecule has 0 aromatic carbocycles. The average Bonchev–Trinajstić information content (AvgIpc) is 2.81. The van der Waals surface area contributed by atoms with E-state index < -0.39 is 11.4 Å². The van der Waals surface area contributed by atoms with Gasteiger partial charge in [-0.3, -0.25) is 4.79 Å². The molecule has 106 valence electrons. The van der Waals surface area contributed by atoms with Gasteiger partial charge in [-0.05, 0) is 12.8 Å². The number of carboxylic acid groups (broad SMARTS) is 1. The maximum Gasteiger partial charge on any atom is 0.319 e. The minimum Gasteiger partial charge on any atom is -0.481 e. The molecule has 0 bridgehead atoms. The number of nitriles is 1. The molecule has 1 aliphatic rings. The van der Waals surface area contributed by atoms with E-state index in [1.807, 2.05) is 13.0 Å². The number of hydrogen-bond donors (Lipinski definition) is 1. The van der Waals surface area contributed by atoms with Gasteiger partial charge in [-0.2, -0.15) is 5.26 Å². The van der Waals surface area contributed by atoms with Gasteiger partial charge in [0.1, 0.15) is 0 Å². The Morgan fingerprint density at radius 2 is 2.21 bits per heavy atom. The zero-order valence-corrected chi connectivity index (χ0v) is 11.6. The van der Waals surface area contributed by atoms with Gasteiger partial charge in [0.05, 0.1) is 17.9 Å². The topological polar surface area (TPSA) is 84.6 Å². The SMILES string of the molecule is CCCC1(C(=O)O)CCN(C(=O)N(C)CCC#N)C1. The first-order chi connectivity index (χ1) is 8.96. The Morgan fingerprint density at radius 1 is 1.53 bits per heavy atom. The number of carbonyl (C=O) groups excluding carboxylic acids is 1. The molecular weight excluding hydrogens is 246 g/mol. The molecule has 0 radical (unpaired) electrons. The van der Waals surface area contributed by atoms with Crippen LogP contribution in [0.1, 0.15) is 32.6 Å². The zero-order valence-electron chi connectivity index (χ0n) is 11.6. The lowest BCUT2D eigenvalue weighted by Crippen LogP contribution is -2.42. The Bertz CT molecular complexity index is 391. The van der Waals surface area contributed by atoms with Crippen molar-refractivity contribution in [1.29, 1.82) is 5.26 Å². The fraction of sp³-hybridized carbons (Fsp3) is 0.769. The molecule has 1 saturated heterocycles. The molecule has 1 heterocycles. The van der Waals surface area contributed by atoms with Gasteiger partial charge in [-0.25, -0.2) is 4.79 Å². The molecule has 1 fully saturated rings. The van der Waals surface area contributed by atoms with Crippen LogP contribution in [-0.4, -0.2) is 53.6 Å². The zero-order chi connectivity index (χ0) is 14.5. The average molecular weight is 267 g/mol. The van der Waals surface area contributed by atoms with E-state index in [0.29, 0.717) is 25.9 Å². The number of rotatable bonds is 5. The summed E-state index contributed by atoms with van der Waals surface area (Å²) in [5.41, 5.74) is -0.791. The molecular formula is C13H21N3O3. The van der Waals surface area contributed by atoms with Gasteiger partial charge in [0.2, 0.25) is 0 Å². The fourth-order valence-corrected chi connectivity index (χ4v) is 2.55. The van der Waals surface area contributed by atoms with Gasteiger partial charge in [-0.1, -0.05) is 13.3 Å². The Morgan fingerprint density at radius 3 is 2.74 bits per heavy atom. The number of carboxylic acids is 1. The number of nitrogens with zero attached hydrogens (tertiary/aromatic N) is 3. The predicted octanol–water partition coefficient (Wildman–Crippen LogP) is 1.53. The summed E-state index contributed by atoms with van der Waals surface area (Å²) in [6.45, 7) is 3.07. The van der Waals surface area contributed by atoms with Crippen LogP contribution < -0.4 is 0 Å². The normalized spacial score (nSPS) is 22.1. The van der Waals surface area contributed by atoms with Crippen LogP contribution in [0, 0.1) is 16.7 Å². The van der Waals surface area contributed by atoms with Crippen molar-refractivity contribution in [2.24, 2.45) is 5.41 Å². The van der Waals surface area contributed by atoms with Crippen molar-refractivity contribution >= 4 is 12.0 Å². The maximum atomic E-state index is 12.1. The second-order valence-corrected chi connectivity index (χ2v) is 5.12. The van der Waals surface area contributed by atoms with E-state index in [-0.39, 0.29) is 19.0 Å². The van der Waals surface area contributed by atoms with Gasteiger partial charge in [0.25, 0.3) is 0 Å². The summed E-state index contributed by atoms with van der Waals surface area (Å²) in [5.74, 6) is -0.815. The highest BCUT2D eigenvalue weighted by Gasteiger charge is 2.45. The number of urea groups is 1. The summed E-state index contributed by atoms with van der Waals surface area (Å²) >= 11 is 0. The summed E-state index contributed by atoms with van der Waals surface area (Å²) in [7, 11) is 1.64. The van der Waals surface area contributed by atoms with Crippen LogP contribution in [0.2, 0.25) is 0 Å². The van der Waals surface area contributed by atoms with E-state index >= 15 is 0 Å². The molecule has 0 aromatic rings. The van der Waals surface area contributed by atoms with Crippen LogP contribution in [0.5, 0.6) is 0 Å². The van der Waals surface area contributed by atoms with Crippen molar-refractivity contribution in [2.75, 3.05) is 26.7 Å². The largest absolute Gasteiger partial charge is 0.481 e. The molecule has 1 aliphatic heterocycles. The summed E-state index contributed by atoms with van der Waals surface area (Å²) in [6, 6.07) is 1.81. The molecule has 1 unspecified atom stereocenters. The first-order valence-electron chi connectivity index (χ1n) is 6.57. The van der Waals surface area contributed by atoms with Crippen molar-refractivity contribution in [3.63, 3.8) is 0 Å². The Kier molecular flexibility index (Phi) is 5.16. The highest BCUT2D eigenvalue weighted by atomic mass is 16.4. The van der Waals surface area contributed by atoms with Crippen LogP contribution in [0.25, 0.3) is 0 Å². The third-order valence-corrected chi connectivity index (χ3v) is 3.69. The predicted molar refractivity (Wildman–Crippen MR) is 69.4 cm³/mol. The smallest absolute Gasteiger partial charge is 0.319 e. The lowest BCUT2D eigenvalue weighted by Gasteiger charge is -2.27. The number of likely N-dealkylation sites (tertiary alicyclic amines) is 1. The summed E-state index contributed by atoms with van der Waals surface area (Å²) in [4.78, 5) is 26.6. The third kappa shape index (κ3) is 3.37. The maximum absolute atomic E-state index is 12.1. The molecule has 0 spiro atoms. The van der Waals surface area contributed by atoms with Crippen LogP contribution in [0.15, 0.2) is 0 Å².